The number of hydrogen-bond donors (Lipinski definition) is 1. The molecule has 1 rings (SSSR count). The average molecular weight is 237 g/mol. The van der Waals surface area contributed by atoms with Crippen LogP contribution in [-0.4, -0.2) is 22.9 Å². The molecular weight excluding hydrogens is 210 g/mol. The summed E-state index contributed by atoms with van der Waals surface area (Å²) in [7, 11) is 0. The van der Waals surface area contributed by atoms with Crippen molar-refractivity contribution in [3.05, 3.63) is 17.0 Å². The number of aryl methyl sites for hydroxylation is 1. The first-order chi connectivity index (χ1) is 7.99. The number of rotatable bonds is 6. The molecule has 1 N–H and O–H groups in total. The van der Waals surface area contributed by atoms with Crippen molar-refractivity contribution < 1.29 is 0 Å². The maximum atomic E-state index is 4.69. The van der Waals surface area contributed by atoms with E-state index in [0.29, 0.717) is 12.0 Å². The Morgan fingerprint density at radius 1 is 1.24 bits per heavy atom. The van der Waals surface area contributed by atoms with Crippen molar-refractivity contribution >= 4 is 0 Å². The molecule has 0 saturated heterocycles. The lowest BCUT2D eigenvalue weighted by atomic mass is 10.0. The van der Waals surface area contributed by atoms with Gasteiger partial charge in [-0.3, -0.25) is 4.68 Å². The van der Waals surface area contributed by atoms with Crippen LogP contribution in [0.5, 0.6) is 0 Å². The van der Waals surface area contributed by atoms with Crippen LogP contribution in [0.1, 0.15) is 50.2 Å². The number of hydrogen-bond acceptors (Lipinski definition) is 2. The number of nitrogens with one attached hydrogen (secondary N) is 1. The van der Waals surface area contributed by atoms with Gasteiger partial charge in [-0.2, -0.15) is 5.10 Å². The zero-order valence-corrected chi connectivity index (χ0v) is 12.2. The van der Waals surface area contributed by atoms with Crippen molar-refractivity contribution in [2.24, 2.45) is 5.92 Å². The Morgan fingerprint density at radius 3 is 2.29 bits per heavy atom. The van der Waals surface area contributed by atoms with Gasteiger partial charge in [-0.1, -0.05) is 20.8 Å². The summed E-state index contributed by atoms with van der Waals surface area (Å²) >= 11 is 0. The highest BCUT2D eigenvalue weighted by Crippen LogP contribution is 2.21. The zero-order valence-electron chi connectivity index (χ0n) is 12.2. The molecule has 0 spiro atoms. The third-order valence-corrected chi connectivity index (χ3v) is 3.55. The van der Waals surface area contributed by atoms with E-state index in [2.05, 4.69) is 56.6 Å². The predicted octanol–water partition coefficient (Wildman–Crippen LogP) is 3.01. The van der Waals surface area contributed by atoms with Gasteiger partial charge >= 0.3 is 0 Å². The molecule has 0 aliphatic rings. The molecule has 3 nitrogen and oxygen atoms in total. The summed E-state index contributed by atoms with van der Waals surface area (Å²) in [5.74, 6) is 0.594. The first-order valence-corrected chi connectivity index (χ1v) is 6.72. The molecule has 0 aliphatic heterocycles. The third-order valence-electron chi connectivity index (χ3n) is 3.55. The molecule has 0 aromatic carbocycles. The van der Waals surface area contributed by atoms with Crippen LogP contribution in [0.25, 0.3) is 0 Å². The maximum Gasteiger partial charge on any atom is 0.0669 e. The summed E-state index contributed by atoms with van der Waals surface area (Å²) in [5.41, 5.74) is 3.79. The van der Waals surface area contributed by atoms with Crippen molar-refractivity contribution in [1.29, 1.82) is 0 Å². The maximum absolute atomic E-state index is 4.69. The second kappa shape index (κ2) is 6.20. The summed E-state index contributed by atoms with van der Waals surface area (Å²) in [6, 6.07) is 0.453. The van der Waals surface area contributed by atoms with Crippen LogP contribution in [0.4, 0.5) is 0 Å². The van der Waals surface area contributed by atoms with Crippen LogP contribution in [-0.2, 0) is 0 Å². The van der Waals surface area contributed by atoms with E-state index in [4.69, 9.17) is 0 Å². The van der Waals surface area contributed by atoms with E-state index in [1.165, 1.54) is 17.7 Å². The Kier molecular flexibility index (Phi) is 5.19. The summed E-state index contributed by atoms with van der Waals surface area (Å²) in [6.45, 7) is 15.2. The van der Waals surface area contributed by atoms with Gasteiger partial charge in [-0.25, -0.2) is 0 Å². The molecule has 0 aliphatic carbocycles. The highest BCUT2D eigenvalue weighted by atomic mass is 15.3. The van der Waals surface area contributed by atoms with Gasteiger partial charge < -0.3 is 5.32 Å². The Bertz CT molecular complexity index is 353. The average Bonchev–Trinajstić information content (AvgIpc) is 2.52. The van der Waals surface area contributed by atoms with Crippen LogP contribution >= 0.6 is 0 Å². The predicted molar refractivity (Wildman–Crippen MR) is 73.5 cm³/mol. The van der Waals surface area contributed by atoms with Gasteiger partial charge in [-0.15, -0.1) is 0 Å². The van der Waals surface area contributed by atoms with Crippen LogP contribution in [0, 0.1) is 26.7 Å². The van der Waals surface area contributed by atoms with E-state index >= 15 is 0 Å². The molecule has 0 amide bonds. The fourth-order valence-corrected chi connectivity index (χ4v) is 2.10. The van der Waals surface area contributed by atoms with Gasteiger partial charge in [0.1, 0.15) is 0 Å². The smallest absolute Gasteiger partial charge is 0.0669 e. The third kappa shape index (κ3) is 3.32. The second-order valence-corrected chi connectivity index (χ2v) is 5.26. The Hall–Kier alpha value is -0.830. The Morgan fingerprint density at radius 2 is 1.88 bits per heavy atom. The normalized spacial score (nSPS) is 13.4. The standard InChI is InChI=1S/C14H27N3/c1-7-8-15-9-14(10(2)3)17-13(6)11(4)12(5)16-17/h10,14-15H,7-9H2,1-6H3. The Labute approximate surface area is 106 Å². The lowest BCUT2D eigenvalue weighted by Gasteiger charge is -2.23. The van der Waals surface area contributed by atoms with Crippen molar-refractivity contribution in [3.63, 3.8) is 0 Å². The highest BCUT2D eigenvalue weighted by Gasteiger charge is 2.19. The zero-order chi connectivity index (χ0) is 13.0. The summed E-state index contributed by atoms with van der Waals surface area (Å²) in [5, 5.41) is 8.20. The van der Waals surface area contributed by atoms with Gasteiger partial charge in [-0.05, 0) is 45.2 Å². The highest BCUT2D eigenvalue weighted by molar-refractivity contribution is 5.22. The number of aromatic nitrogens is 2. The Balaban J connectivity index is 2.86. The first kappa shape index (κ1) is 14.2. The van der Waals surface area contributed by atoms with Gasteiger partial charge in [0.25, 0.3) is 0 Å². The summed E-state index contributed by atoms with van der Waals surface area (Å²) in [6.07, 6.45) is 1.18. The topological polar surface area (TPSA) is 29.9 Å². The van der Waals surface area contributed by atoms with Crippen LogP contribution in [0.2, 0.25) is 0 Å². The van der Waals surface area contributed by atoms with Crippen LogP contribution < -0.4 is 5.32 Å². The molecule has 1 unspecified atom stereocenters. The van der Waals surface area contributed by atoms with E-state index in [1.807, 2.05) is 0 Å². The van der Waals surface area contributed by atoms with E-state index < -0.39 is 0 Å². The summed E-state index contributed by atoms with van der Waals surface area (Å²) in [4.78, 5) is 0. The monoisotopic (exact) mass is 237 g/mol. The fraction of sp³-hybridized carbons (Fsp3) is 0.786. The lowest BCUT2D eigenvalue weighted by molar-refractivity contribution is 0.324. The molecule has 1 aromatic heterocycles. The van der Waals surface area contributed by atoms with E-state index in [9.17, 15) is 0 Å². The van der Waals surface area contributed by atoms with Crippen molar-refractivity contribution in [1.82, 2.24) is 15.1 Å². The van der Waals surface area contributed by atoms with E-state index in [-0.39, 0.29) is 0 Å². The molecule has 0 radical (unpaired) electrons. The molecule has 1 heterocycles. The van der Waals surface area contributed by atoms with Crippen LogP contribution in [0.3, 0.4) is 0 Å². The molecule has 17 heavy (non-hydrogen) atoms. The van der Waals surface area contributed by atoms with Crippen LogP contribution in [0.15, 0.2) is 0 Å². The molecule has 1 atom stereocenters. The van der Waals surface area contributed by atoms with Gasteiger partial charge in [0, 0.05) is 12.2 Å². The van der Waals surface area contributed by atoms with E-state index in [0.717, 1.165) is 18.8 Å². The second-order valence-electron chi connectivity index (χ2n) is 5.26. The molecular formula is C14H27N3. The molecule has 0 bridgehead atoms. The fourth-order valence-electron chi connectivity index (χ4n) is 2.10. The quantitative estimate of drug-likeness (QED) is 0.771. The lowest BCUT2D eigenvalue weighted by Crippen LogP contribution is -2.30. The molecule has 0 saturated carbocycles. The van der Waals surface area contributed by atoms with Crippen molar-refractivity contribution in [2.45, 2.75) is 54.0 Å². The SMILES string of the molecule is CCCNCC(C(C)C)n1nc(C)c(C)c1C. The van der Waals surface area contributed by atoms with Gasteiger partial charge in [0.05, 0.1) is 11.7 Å². The van der Waals surface area contributed by atoms with Crippen molar-refractivity contribution in [2.75, 3.05) is 13.1 Å². The number of nitrogens with zero attached hydrogens (tertiary/aromatic N) is 2. The van der Waals surface area contributed by atoms with Crippen molar-refractivity contribution in [3.8, 4) is 0 Å². The van der Waals surface area contributed by atoms with Gasteiger partial charge in [0.15, 0.2) is 0 Å². The first-order valence-electron chi connectivity index (χ1n) is 6.72. The van der Waals surface area contributed by atoms with E-state index in [1.54, 1.807) is 0 Å². The molecule has 3 heteroatoms. The summed E-state index contributed by atoms with van der Waals surface area (Å²) < 4.78 is 2.21. The minimum absolute atomic E-state index is 0.453. The van der Waals surface area contributed by atoms with Gasteiger partial charge in [0.2, 0.25) is 0 Å². The molecule has 0 fully saturated rings. The minimum atomic E-state index is 0.453. The largest absolute Gasteiger partial charge is 0.315 e. The molecule has 98 valence electrons. The minimum Gasteiger partial charge on any atom is -0.315 e. The molecule has 1 aromatic rings.